The van der Waals surface area contributed by atoms with Gasteiger partial charge in [0.25, 0.3) is 5.91 Å². The molecule has 1 aromatic rings. The molecule has 0 aliphatic rings. The van der Waals surface area contributed by atoms with Crippen molar-refractivity contribution in [2.24, 2.45) is 5.92 Å². The Bertz CT molecular complexity index is 376. The fourth-order valence-electron chi connectivity index (χ4n) is 1.40. The highest BCUT2D eigenvalue weighted by Gasteiger charge is 2.09. The number of benzene rings is 1. The van der Waals surface area contributed by atoms with Gasteiger partial charge in [0.2, 0.25) is 0 Å². The lowest BCUT2D eigenvalue weighted by Crippen LogP contribution is -2.29. The van der Waals surface area contributed by atoms with Gasteiger partial charge in [-0.2, -0.15) is 0 Å². The molecule has 1 amide bonds. The number of aryl methyl sites for hydroxylation is 2. The van der Waals surface area contributed by atoms with E-state index in [-0.39, 0.29) is 5.91 Å². The largest absolute Gasteiger partial charge is 0.352 e. The summed E-state index contributed by atoms with van der Waals surface area (Å²) in [5.41, 5.74) is 2.92. The Morgan fingerprint density at radius 3 is 2.75 bits per heavy atom. The third kappa shape index (κ3) is 3.63. The van der Waals surface area contributed by atoms with Crippen LogP contribution in [0.25, 0.3) is 0 Å². The van der Waals surface area contributed by atoms with Crippen LogP contribution in [0.3, 0.4) is 0 Å². The molecule has 1 N–H and O–H groups in total. The quantitative estimate of drug-likeness (QED) is 0.846. The number of hydrogen-bond acceptors (Lipinski definition) is 1. The molecule has 0 saturated carbocycles. The molecule has 16 heavy (non-hydrogen) atoms. The predicted molar refractivity (Wildman–Crippen MR) is 71.2 cm³/mol. The van der Waals surface area contributed by atoms with Crippen LogP contribution in [0.1, 0.15) is 28.4 Å². The molecule has 1 unspecified atom stereocenters. The minimum absolute atomic E-state index is 0.0222. The lowest BCUT2D eigenvalue weighted by molar-refractivity contribution is 0.0948. The molecule has 3 heteroatoms. The van der Waals surface area contributed by atoms with Gasteiger partial charge in [-0.3, -0.25) is 4.79 Å². The highest BCUT2D eigenvalue weighted by atomic mass is 79.9. The Kier molecular flexibility index (Phi) is 5.00. The topological polar surface area (TPSA) is 29.1 Å². The van der Waals surface area contributed by atoms with Crippen molar-refractivity contribution in [2.45, 2.75) is 20.8 Å². The Balaban J connectivity index is 2.69. The molecule has 0 radical (unpaired) electrons. The van der Waals surface area contributed by atoms with Crippen LogP contribution in [0, 0.1) is 19.8 Å². The van der Waals surface area contributed by atoms with Crippen molar-refractivity contribution >= 4 is 21.8 Å². The SMILES string of the molecule is Cc1ccc(C)c(C(=O)NCC(C)CBr)c1. The van der Waals surface area contributed by atoms with E-state index >= 15 is 0 Å². The number of hydrogen-bond donors (Lipinski definition) is 1. The summed E-state index contributed by atoms with van der Waals surface area (Å²) in [6.07, 6.45) is 0. The fourth-order valence-corrected chi connectivity index (χ4v) is 1.63. The number of nitrogens with one attached hydrogen (secondary N) is 1. The number of amides is 1. The van der Waals surface area contributed by atoms with Gasteiger partial charge in [0.15, 0.2) is 0 Å². The lowest BCUT2D eigenvalue weighted by atomic mass is 10.0. The van der Waals surface area contributed by atoms with Crippen LogP contribution in [-0.4, -0.2) is 17.8 Å². The average Bonchev–Trinajstić information content (AvgIpc) is 2.28. The normalized spacial score (nSPS) is 12.2. The van der Waals surface area contributed by atoms with Gasteiger partial charge in [-0.1, -0.05) is 40.5 Å². The van der Waals surface area contributed by atoms with Crippen molar-refractivity contribution in [3.63, 3.8) is 0 Å². The summed E-state index contributed by atoms with van der Waals surface area (Å²) in [4.78, 5) is 11.9. The fraction of sp³-hybridized carbons (Fsp3) is 0.462. The minimum atomic E-state index is 0.0222. The summed E-state index contributed by atoms with van der Waals surface area (Å²) in [6.45, 7) is 6.76. The molecule has 0 aromatic heterocycles. The summed E-state index contributed by atoms with van der Waals surface area (Å²) in [5, 5.41) is 3.85. The van der Waals surface area contributed by atoms with Crippen molar-refractivity contribution in [3.8, 4) is 0 Å². The molecule has 2 nitrogen and oxygen atoms in total. The molecule has 0 fully saturated rings. The number of alkyl halides is 1. The molecule has 1 atom stereocenters. The van der Waals surface area contributed by atoms with Crippen molar-refractivity contribution in [1.29, 1.82) is 0 Å². The second-order valence-electron chi connectivity index (χ2n) is 4.29. The van der Waals surface area contributed by atoms with Crippen LogP contribution in [0.5, 0.6) is 0 Å². The minimum Gasteiger partial charge on any atom is -0.352 e. The lowest BCUT2D eigenvalue weighted by Gasteiger charge is -2.11. The van der Waals surface area contributed by atoms with E-state index in [1.54, 1.807) is 0 Å². The molecule has 88 valence electrons. The smallest absolute Gasteiger partial charge is 0.251 e. The van der Waals surface area contributed by atoms with E-state index in [2.05, 4.69) is 28.2 Å². The van der Waals surface area contributed by atoms with E-state index in [1.165, 1.54) is 0 Å². The van der Waals surface area contributed by atoms with Gasteiger partial charge in [-0.05, 0) is 31.4 Å². The van der Waals surface area contributed by atoms with Crippen LogP contribution in [0.2, 0.25) is 0 Å². The highest BCUT2D eigenvalue weighted by molar-refractivity contribution is 9.09. The zero-order valence-corrected chi connectivity index (χ0v) is 11.6. The van der Waals surface area contributed by atoms with Gasteiger partial charge in [0.1, 0.15) is 0 Å². The van der Waals surface area contributed by atoms with Gasteiger partial charge in [-0.15, -0.1) is 0 Å². The zero-order chi connectivity index (χ0) is 12.1. The molecular formula is C13H18BrNO. The molecule has 1 rings (SSSR count). The number of rotatable bonds is 4. The Labute approximate surface area is 106 Å². The van der Waals surface area contributed by atoms with Gasteiger partial charge >= 0.3 is 0 Å². The maximum Gasteiger partial charge on any atom is 0.251 e. The maximum atomic E-state index is 11.9. The van der Waals surface area contributed by atoms with E-state index in [1.807, 2.05) is 32.0 Å². The number of carbonyl (C=O) groups is 1. The molecule has 1 aromatic carbocycles. The van der Waals surface area contributed by atoms with Crippen molar-refractivity contribution < 1.29 is 4.79 Å². The molecule has 0 spiro atoms. The predicted octanol–water partition coefficient (Wildman–Crippen LogP) is 3.06. The highest BCUT2D eigenvalue weighted by Crippen LogP contribution is 2.10. The van der Waals surface area contributed by atoms with Gasteiger partial charge in [0, 0.05) is 17.4 Å². The van der Waals surface area contributed by atoms with E-state index in [4.69, 9.17) is 0 Å². The van der Waals surface area contributed by atoms with Crippen LogP contribution in [0.15, 0.2) is 18.2 Å². The van der Waals surface area contributed by atoms with Gasteiger partial charge < -0.3 is 5.32 Å². The maximum absolute atomic E-state index is 11.9. The van der Waals surface area contributed by atoms with Crippen LogP contribution < -0.4 is 5.32 Å². The first-order valence-corrected chi connectivity index (χ1v) is 6.58. The van der Waals surface area contributed by atoms with Crippen LogP contribution in [0.4, 0.5) is 0 Å². The van der Waals surface area contributed by atoms with Crippen LogP contribution >= 0.6 is 15.9 Å². The molecule has 0 aliphatic heterocycles. The summed E-state index contributed by atoms with van der Waals surface area (Å²) in [6, 6.07) is 5.94. The monoisotopic (exact) mass is 283 g/mol. The van der Waals surface area contributed by atoms with Crippen molar-refractivity contribution in [2.75, 3.05) is 11.9 Å². The standard InChI is InChI=1S/C13H18BrNO/c1-9-4-5-11(3)12(6-9)13(16)15-8-10(2)7-14/h4-6,10H,7-8H2,1-3H3,(H,15,16). The zero-order valence-electron chi connectivity index (χ0n) is 10.0. The third-order valence-electron chi connectivity index (χ3n) is 2.51. The van der Waals surface area contributed by atoms with Gasteiger partial charge in [-0.25, -0.2) is 0 Å². The summed E-state index contributed by atoms with van der Waals surface area (Å²) in [7, 11) is 0. The van der Waals surface area contributed by atoms with E-state index in [0.717, 1.165) is 22.0 Å². The Hall–Kier alpha value is -0.830. The first-order chi connectivity index (χ1) is 7.54. The molecule has 0 bridgehead atoms. The van der Waals surface area contributed by atoms with Crippen LogP contribution in [-0.2, 0) is 0 Å². The Morgan fingerprint density at radius 2 is 2.12 bits per heavy atom. The second-order valence-corrected chi connectivity index (χ2v) is 4.94. The molecular weight excluding hydrogens is 266 g/mol. The summed E-state index contributed by atoms with van der Waals surface area (Å²) < 4.78 is 0. The van der Waals surface area contributed by atoms with E-state index in [9.17, 15) is 4.79 Å². The molecule has 0 heterocycles. The van der Waals surface area contributed by atoms with Crippen molar-refractivity contribution in [1.82, 2.24) is 5.32 Å². The molecule has 0 saturated heterocycles. The van der Waals surface area contributed by atoms with Gasteiger partial charge in [0.05, 0.1) is 0 Å². The number of carbonyl (C=O) groups excluding carboxylic acids is 1. The Morgan fingerprint density at radius 1 is 1.44 bits per heavy atom. The summed E-state index contributed by atoms with van der Waals surface area (Å²) in [5.74, 6) is 0.475. The second kappa shape index (κ2) is 6.04. The van der Waals surface area contributed by atoms with E-state index < -0.39 is 0 Å². The first kappa shape index (κ1) is 13.2. The van der Waals surface area contributed by atoms with E-state index in [0.29, 0.717) is 12.5 Å². The van der Waals surface area contributed by atoms with Crippen molar-refractivity contribution in [3.05, 3.63) is 34.9 Å². The number of halogens is 1. The first-order valence-electron chi connectivity index (χ1n) is 5.46. The third-order valence-corrected chi connectivity index (χ3v) is 3.62. The average molecular weight is 284 g/mol. The summed E-state index contributed by atoms with van der Waals surface area (Å²) >= 11 is 3.40. The molecule has 0 aliphatic carbocycles.